The van der Waals surface area contributed by atoms with Gasteiger partial charge in [0.25, 0.3) is 0 Å². The Kier molecular flexibility index (Phi) is 2.48. The molecule has 0 unspecified atom stereocenters. The van der Waals surface area contributed by atoms with Crippen LogP contribution in [0.3, 0.4) is 0 Å². The van der Waals surface area contributed by atoms with Crippen LogP contribution in [0.1, 0.15) is 17.4 Å². The molecule has 0 radical (unpaired) electrons. The van der Waals surface area contributed by atoms with Gasteiger partial charge in [-0.15, -0.1) is 0 Å². The van der Waals surface area contributed by atoms with Crippen molar-refractivity contribution >= 4 is 27.4 Å². The number of halogens is 1. The first kappa shape index (κ1) is 10.2. The lowest BCUT2D eigenvalue weighted by molar-refractivity contribution is 0.101. The minimum absolute atomic E-state index is 0.0652. The summed E-state index contributed by atoms with van der Waals surface area (Å²) < 4.78 is 7.52. The smallest absolute Gasteiger partial charge is 0.180 e. The molecule has 2 rings (SSSR count). The molecule has 0 saturated carbocycles. The normalized spacial score (nSPS) is 10.6. The van der Waals surface area contributed by atoms with Crippen LogP contribution in [0, 0.1) is 0 Å². The third-order valence-corrected chi connectivity index (χ3v) is 2.86. The van der Waals surface area contributed by atoms with E-state index < -0.39 is 0 Å². The van der Waals surface area contributed by atoms with E-state index >= 15 is 0 Å². The summed E-state index contributed by atoms with van der Waals surface area (Å²) in [6.07, 6.45) is 1.78. The number of ketones is 1. The standard InChI is InChI=1S/C10H9BrN2O2/c1-6(14)9-10(11)13-5-7(15-2)3-4-8(13)12-9/h3-5H,1-2H3. The number of Topliss-reactive ketones (excluding diaryl/α,β-unsaturated/α-hetero) is 1. The van der Waals surface area contributed by atoms with Crippen molar-refractivity contribution in [3.8, 4) is 5.75 Å². The number of hydrogen-bond donors (Lipinski definition) is 0. The first-order valence-corrected chi connectivity index (χ1v) is 5.15. The van der Waals surface area contributed by atoms with Crippen LogP contribution >= 0.6 is 15.9 Å². The van der Waals surface area contributed by atoms with Crippen LogP contribution in [-0.4, -0.2) is 22.3 Å². The topological polar surface area (TPSA) is 43.6 Å². The molecule has 0 aliphatic heterocycles. The summed E-state index contributed by atoms with van der Waals surface area (Å²) in [5.74, 6) is 0.653. The number of ether oxygens (including phenoxy) is 1. The van der Waals surface area contributed by atoms with Gasteiger partial charge >= 0.3 is 0 Å². The number of carbonyl (C=O) groups is 1. The van der Waals surface area contributed by atoms with Crippen LogP contribution in [0.15, 0.2) is 22.9 Å². The maximum atomic E-state index is 11.3. The Morgan fingerprint density at radius 2 is 2.27 bits per heavy atom. The number of imidazole rings is 1. The molecule has 0 spiro atoms. The molecule has 2 heterocycles. The minimum Gasteiger partial charge on any atom is -0.495 e. The number of hydrogen-bond acceptors (Lipinski definition) is 3. The molecule has 0 aliphatic carbocycles. The summed E-state index contributed by atoms with van der Waals surface area (Å²) in [6, 6.07) is 3.61. The van der Waals surface area contributed by atoms with Crippen molar-refractivity contribution in [3.05, 3.63) is 28.6 Å². The number of fused-ring (bicyclic) bond motifs is 1. The molecule has 78 valence electrons. The van der Waals surface area contributed by atoms with E-state index in [9.17, 15) is 4.79 Å². The molecule has 15 heavy (non-hydrogen) atoms. The monoisotopic (exact) mass is 268 g/mol. The average Bonchev–Trinajstić information content (AvgIpc) is 2.56. The Morgan fingerprint density at radius 3 is 2.87 bits per heavy atom. The maximum absolute atomic E-state index is 11.3. The lowest BCUT2D eigenvalue weighted by atomic mass is 10.3. The van der Waals surface area contributed by atoms with Crippen LogP contribution in [0.4, 0.5) is 0 Å². The molecule has 0 aromatic carbocycles. The molecule has 5 heteroatoms. The largest absolute Gasteiger partial charge is 0.495 e. The highest BCUT2D eigenvalue weighted by atomic mass is 79.9. The zero-order valence-electron chi connectivity index (χ0n) is 8.32. The van der Waals surface area contributed by atoms with E-state index in [1.807, 2.05) is 0 Å². The first-order valence-electron chi connectivity index (χ1n) is 4.36. The molecular formula is C10H9BrN2O2. The van der Waals surface area contributed by atoms with Crippen molar-refractivity contribution in [1.29, 1.82) is 0 Å². The molecular weight excluding hydrogens is 260 g/mol. The fraction of sp³-hybridized carbons (Fsp3) is 0.200. The first-order chi connectivity index (χ1) is 7.13. The second-order valence-corrected chi connectivity index (χ2v) is 3.86. The molecule has 0 atom stereocenters. The predicted molar refractivity (Wildman–Crippen MR) is 59.4 cm³/mol. The van der Waals surface area contributed by atoms with Gasteiger partial charge in [-0.1, -0.05) is 0 Å². The number of nitrogens with zero attached hydrogens (tertiary/aromatic N) is 2. The summed E-state index contributed by atoms with van der Waals surface area (Å²) >= 11 is 3.34. The van der Waals surface area contributed by atoms with E-state index in [2.05, 4.69) is 20.9 Å². The second-order valence-electron chi connectivity index (χ2n) is 3.10. The number of aromatic nitrogens is 2. The van der Waals surface area contributed by atoms with Crippen molar-refractivity contribution in [2.24, 2.45) is 0 Å². The van der Waals surface area contributed by atoms with E-state index in [1.165, 1.54) is 6.92 Å². The van der Waals surface area contributed by atoms with Gasteiger partial charge in [0.05, 0.1) is 13.3 Å². The van der Waals surface area contributed by atoms with Gasteiger partial charge in [-0.25, -0.2) is 4.98 Å². The SMILES string of the molecule is COc1ccc2nc(C(C)=O)c(Br)n2c1. The van der Waals surface area contributed by atoms with Crippen molar-refractivity contribution in [3.63, 3.8) is 0 Å². The van der Waals surface area contributed by atoms with Gasteiger partial charge in [0.2, 0.25) is 0 Å². The molecule has 0 N–H and O–H groups in total. The van der Waals surface area contributed by atoms with Gasteiger partial charge in [-0.3, -0.25) is 9.20 Å². The quantitative estimate of drug-likeness (QED) is 0.786. The number of carbonyl (C=O) groups excluding carboxylic acids is 1. The van der Waals surface area contributed by atoms with Crippen LogP contribution in [0.5, 0.6) is 5.75 Å². The van der Waals surface area contributed by atoms with Gasteiger partial charge in [-0.2, -0.15) is 0 Å². The minimum atomic E-state index is -0.0652. The van der Waals surface area contributed by atoms with E-state index in [-0.39, 0.29) is 5.78 Å². The highest BCUT2D eigenvalue weighted by Gasteiger charge is 2.13. The number of pyridine rings is 1. The van der Waals surface area contributed by atoms with Crippen LogP contribution in [-0.2, 0) is 0 Å². The maximum Gasteiger partial charge on any atom is 0.180 e. The van der Waals surface area contributed by atoms with E-state index in [0.29, 0.717) is 15.9 Å². The fourth-order valence-electron chi connectivity index (χ4n) is 1.34. The Morgan fingerprint density at radius 1 is 1.53 bits per heavy atom. The van der Waals surface area contributed by atoms with E-state index in [0.717, 1.165) is 5.75 Å². The Labute approximate surface area is 95.0 Å². The highest BCUT2D eigenvalue weighted by Crippen LogP contribution is 2.22. The second kappa shape index (κ2) is 3.66. The molecule has 0 bridgehead atoms. The van der Waals surface area contributed by atoms with Crippen molar-refractivity contribution in [2.75, 3.05) is 7.11 Å². The predicted octanol–water partition coefficient (Wildman–Crippen LogP) is 2.31. The zero-order chi connectivity index (χ0) is 11.0. The van der Waals surface area contributed by atoms with Gasteiger partial charge in [-0.05, 0) is 28.1 Å². The van der Waals surface area contributed by atoms with Crippen LogP contribution in [0.25, 0.3) is 5.65 Å². The third kappa shape index (κ3) is 1.63. The van der Waals surface area contributed by atoms with E-state index in [4.69, 9.17) is 4.74 Å². The zero-order valence-corrected chi connectivity index (χ0v) is 9.91. The third-order valence-electron chi connectivity index (χ3n) is 2.10. The van der Waals surface area contributed by atoms with E-state index in [1.54, 1.807) is 29.8 Å². The molecule has 2 aromatic heterocycles. The molecule has 0 saturated heterocycles. The Bertz CT molecular complexity index is 533. The molecule has 0 amide bonds. The summed E-state index contributed by atoms with van der Waals surface area (Å²) in [4.78, 5) is 15.5. The number of rotatable bonds is 2. The molecule has 0 aliphatic rings. The fourth-order valence-corrected chi connectivity index (χ4v) is 1.99. The lowest BCUT2D eigenvalue weighted by Gasteiger charge is -2.00. The Hall–Kier alpha value is -1.36. The summed E-state index contributed by atoms with van der Waals surface area (Å²) in [5, 5.41) is 0. The average molecular weight is 269 g/mol. The highest BCUT2D eigenvalue weighted by molar-refractivity contribution is 9.10. The van der Waals surface area contributed by atoms with Crippen LogP contribution in [0.2, 0.25) is 0 Å². The van der Waals surface area contributed by atoms with Crippen molar-refractivity contribution in [1.82, 2.24) is 9.38 Å². The van der Waals surface area contributed by atoms with Gasteiger partial charge < -0.3 is 4.74 Å². The molecule has 0 fully saturated rings. The summed E-state index contributed by atoms with van der Waals surface area (Å²) in [7, 11) is 1.60. The summed E-state index contributed by atoms with van der Waals surface area (Å²) in [6.45, 7) is 1.49. The van der Waals surface area contributed by atoms with Gasteiger partial charge in [0.1, 0.15) is 21.7 Å². The Balaban J connectivity index is 2.72. The molecule has 2 aromatic rings. The van der Waals surface area contributed by atoms with Gasteiger partial charge in [0.15, 0.2) is 5.78 Å². The van der Waals surface area contributed by atoms with Crippen molar-refractivity contribution in [2.45, 2.75) is 6.92 Å². The van der Waals surface area contributed by atoms with Gasteiger partial charge in [0, 0.05) is 6.92 Å². The van der Waals surface area contributed by atoms with Crippen LogP contribution < -0.4 is 4.74 Å². The molecule has 4 nitrogen and oxygen atoms in total. The van der Waals surface area contributed by atoms with Crippen molar-refractivity contribution < 1.29 is 9.53 Å². The summed E-state index contributed by atoms with van der Waals surface area (Å²) in [5.41, 5.74) is 1.15. The number of methoxy groups -OCH3 is 1. The lowest BCUT2D eigenvalue weighted by Crippen LogP contribution is -1.93.